The number of nitriles is 1. The lowest BCUT2D eigenvalue weighted by Gasteiger charge is -2.21. The molecule has 0 amide bonds. The van der Waals surface area contributed by atoms with E-state index in [4.69, 9.17) is 16.6 Å². The third-order valence-corrected chi connectivity index (χ3v) is 9.79. The standard InChI is InChI=1S/C28H22ClFN8O2S/c1-36-12-19(11-33-36)17-7-20(27-18(8-31)10-34-38(27)13-17)16-5-6-25(32-9-16)37-14-21-22(15-37)26(21)35-41(39,40)28-23(29)3-2-4-24(28)30/h2-7,9-13,21-22,26,35H,14-15H2,1H3/t21-,22+,26+. The molecule has 1 aliphatic carbocycles. The number of halogens is 2. The van der Waals surface area contributed by atoms with Gasteiger partial charge >= 0.3 is 0 Å². The lowest BCUT2D eigenvalue weighted by Crippen LogP contribution is -2.35. The van der Waals surface area contributed by atoms with Crippen LogP contribution < -0.4 is 9.62 Å². The Kier molecular flexibility index (Phi) is 5.86. The van der Waals surface area contributed by atoms with Crippen molar-refractivity contribution >= 4 is 33.0 Å². The molecular formula is C28H22ClFN8O2S. The summed E-state index contributed by atoms with van der Waals surface area (Å²) in [6.45, 7) is 1.24. The first kappa shape index (κ1) is 25.6. The summed E-state index contributed by atoms with van der Waals surface area (Å²) in [4.78, 5) is 6.31. The van der Waals surface area contributed by atoms with Gasteiger partial charge in [0.15, 0.2) is 0 Å². The number of hydrogen-bond donors (Lipinski definition) is 1. The van der Waals surface area contributed by atoms with Crippen molar-refractivity contribution in [2.75, 3.05) is 18.0 Å². The van der Waals surface area contributed by atoms with Crippen molar-refractivity contribution in [3.8, 4) is 28.3 Å². The fourth-order valence-corrected chi connectivity index (χ4v) is 7.69. The van der Waals surface area contributed by atoms with Crippen molar-refractivity contribution in [3.63, 3.8) is 0 Å². The second-order valence-corrected chi connectivity index (χ2v) is 12.4. The predicted octanol–water partition coefficient (Wildman–Crippen LogP) is 3.87. The molecule has 0 bridgehead atoms. The van der Waals surface area contributed by atoms with Gasteiger partial charge in [-0.25, -0.2) is 27.0 Å². The molecule has 5 aromatic rings. The summed E-state index contributed by atoms with van der Waals surface area (Å²) in [6.07, 6.45) is 8.89. The Morgan fingerprint density at radius 1 is 1.05 bits per heavy atom. The zero-order valence-corrected chi connectivity index (χ0v) is 23.2. The Labute approximate surface area is 239 Å². The first-order chi connectivity index (χ1) is 19.7. The second-order valence-electron chi connectivity index (χ2n) is 10.3. The number of nitrogens with one attached hydrogen (secondary N) is 1. The van der Waals surface area contributed by atoms with E-state index in [-0.39, 0.29) is 22.9 Å². The van der Waals surface area contributed by atoms with Crippen LogP contribution in [0.4, 0.5) is 10.2 Å². The average molecular weight is 589 g/mol. The molecule has 206 valence electrons. The van der Waals surface area contributed by atoms with Gasteiger partial charge in [-0.15, -0.1) is 0 Å². The summed E-state index contributed by atoms with van der Waals surface area (Å²) >= 11 is 5.98. The van der Waals surface area contributed by atoms with Gasteiger partial charge in [-0.05, 0) is 42.2 Å². The van der Waals surface area contributed by atoms with Crippen molar-refractivity contribution in [1.29, 1.82) is 5.26 Å². The maximum atomic E-state index is 14.2. The topological polar surface area (TPSA) is 121 Å². The highest BCUT2D eigenvalue weighted by Crippen LogP contribution is 2.47. The molecule has 0 spiro atoms. The number of nitrogens with zero attached hydrogens (tertiary/aromatic N) is 7. The van der Waals surface area contributed by atoms with Crippen LogP contribution in [0.15, 0.2) is 72.3 Å². The number of aromatic nitrogens is 5. The van der Waals surface area contributed by atoms with Crippen LogP contribution in [0, 0.1) is 29.0 Å². The van der Waals surface area contributed by atoms with E-state index >= 15 is 0 Å². The van der Waals surface area contributed by atoms with E-state index in [0.717, 1.165) is 34.1 Å². The monoisotopic (exact) mass is 588 g/mol. The molecule has 3 atom stereocenters. The Morgan fingerprint density at radius 2 is 1.85 bits per heavy atom. The molecule has 0 unspecified atom stereocenters. The molecular weight excluding hydrogens is 567 g/mol. The number of anilines is 1. The highest BCUT2D eigenvalue weighted by Gasteiger charge is 2.57. The third-order valence-electron chi connectivity index (χ3n) is 7.83. The number of hydrogen-bond acceptors (Lipinski definition) is 7. The molecule has 1 aliphatic heterocycles. The van der Waals surface area contributed by atoms with Crippen LogP contribution in [0.1, 0.15) is 5.56 Å². The first-order valence-electron chi connectivity index (χ1n) is 12.8. The minimum atomic E-state index is -4.09. The third kappa shape index (κ3) is 4.33. The molecule has 1 saturated carbocycles. The van der Waals surface area contributed by atoms with Gasteiger partial charge in [0.25, 0.3) is 0 Å². The number of aryl methyl sites for hydroxylation is 1. The summed E-state index contributed by atoms with van der Waals surface area (Å²) in [5, 5.41) is 18.2. The summed E-state index contributed by atoms with van der Waals surface area (Å²) in [7, 11) is -2.23. The van der Waals surface area contributed by atoms with E-state index in [0.29, 0.717) is 24.2 Å². The maximum Gasteiger partial charge on any atom is 0.245 e. The molecule has 1 aromatic carbocycles. The highest BCUT2D eigenvalue weighted by molar-refractivity contribution is 7.89. The number of pyridine rings is 2. The van der Waals surface area contributed by atoms with Gasteiger partial charge in [-0.3, -0.25) is 4.68 Å². The van der Waals surface area contributed by atoms with Gasteiger partial charge in [-0.2, -0.15) is 15.5 Å². The van der Waals surface area contributed by atoms with Crippen LogP contribution in [0.5, 0.6) is 0 Å². The molecule has 2 fully saturated rings. The van der Waals surface area contributed by atoms with Crippen LogP contribution in [0.3, 0.4) is 0 Å². The molecule has 1 saturated heterocycles. The minimum Gasteiger partial charge on any atom is -0.356 e. The Bertz CT molecular complexity index is 1950. The van der Waals surface area contributed by atoms with Crippen LogP contribution in [0.2, 0.25) is 5.02 Å². The number of piperidine rings is 1. The van der Waals surface area contributed by atoms with Crippen LogP contribution >= 0.6 is 11.6 Å². The minimum absolute atomic E-state index is 0.0950. The van der Waals surface area contributed by atoms with Crippen molar-refractivity contribution in [1.82, 2.24) is 29.1 Å². The van der Waals surface area contributed by atoms with E-state index in [1.165, 1.54) is 12.1 Å². The van der Waals surface area contributed by atoms with Gasteiger partial charge in [0.05, 0.1) is 28.5 Å². The lowest BCUT2D eigenvalue weighted by atomic mass is 10.0. The van der Waals surface area contributed by atoms with E-state index in [9.17, 15) is 18.1 Å². The van der Waals surface area contributed by atoms with Gasteiger partial charge < -0.3 is 4.90 Å². The van der Waals surface area contributed by atoms with Crippen LogP contribution in [0.25, 0.3) is 27.8 Å². The zero-order valence-electron chi connectivity index (χ0n) is 21.6. The molecule has 10 nitrogen and oxygen atoms in total. The smallest absolute Gasteiger partial charge is 0.245 e. The Balaban J connectivity index is 1.11. The number of sulfonamides is 1. The molecule has 0 radical (unpaired) electrons. The Morgan fingerprint density at radius 3 is 2.51 bits per heavy atom. The molecule has 1 N–H and O–H groups in total. The van der Waals surface area contributed by atoms with E-state index in [1.54, 1.807) is 27.8 Å². The molecule has 7 rings (SSSR count). The largest absolute Gasteiger partial charge is 0.356 e. The second kappa shape index (κ2) is 9.37. The van der Waals surface area contributed by atoms with E-state index in [2.05, 4.69) is 25.9 Å². The highest BCUT2D eigenvalue weighted by atomic mass is 35.5. The summed E-state index contributed by atoms with van der Waals surface area (Å²) in [5.41, 5.74) is 4.65. The number of fused-ring (bicyclic) bond motifs is 2. The lowest BCUT2D eigenvalue weighted by molar-refractivity contribution is 0.550. The maximum absolute atomic E-state index is 14.2. The fraction of sp³-hybridized carbons (Fsp3) is 0.214. The van der Waals surface area contributed by atoms with Crippen molar-refractivity contribution in [2.24, 2.45) is 18.9 Å². The zero-order chi connectivity index (χ0) is 28.5. The summed E-state index contributed by atoms with van der Waals surface area (Å²) in [6, 6.07) is 11.7. The number of rotatable bonds is 6. The molecule has 4 aromatic heterocycles. The summed E-state index contributed by atoms with van der Waals surface area (Å²) < 4.78 is 45.9. The van der Waals surface area contributed by atoms with E-state index < -0.39 is 20.7 Å². The Hall–Kier alpha value is -4.31. The van der Waals surface area contributed by atoms with Crippen LogP contribution in [-0.2, 0) is 17.1 Å². The van der Waals surface area contributed by atoms with Crippen molar-refractivity contribution in [3.05, 3.63) is 83.8 Å². The predicted molar refractivity (Wildman–Crippen MR) is 150 cm³/mol. The van der Waals surface area contributed by atoms with Gasteiger partial charge in [0, 0.05) is 67.0 Å². The molecule has 5 heterocycles. The summed E-state index contributed by atoms with van der Waals surface area (Å²) in [5.74, 6) is 0.0890. The molecule has 13 heteroatoms. The van der Waals surface area contributed by atoms with Crippen molar-refractivity contribution in [2.45, 2.75) is 10.9 Å². The van der Waals surface area contributed by atoms with Gasteiger partial charge in [0.1, 0.15) is 22.6 Å². The quantitative estimate of drug-likeness (QED) is 0.319. The molecule has 2 aliphatic rings. The molecule has 41 heavy (non-hydrogen) atoms. The number of benzene rings is 1. The average Bonchev–Trinajstić information content (AvgIpc) is 3.41. The van der Waals surface area contributed by atoms with Gasteiger partial charge in [-0.1, -0.05) is 17.7 Å². The SMILES string of the molecule is Cn1cc(-c2cc(-c3ccc(N4C[C@@H]5[C@H](C4)[C@H]5NS(=O)(=O)c4c(F)cccc4Cl)nc3)c3c(C#N)cnn3c2)cn1. The van der Waals surface area contributed by atoms with Crippen LogP contribution in [-0.4, -0.2) is 51.9 Å². The first-order valence-corrected chi connectivity index (χ1v) is 14.7. The fourth-order valence-electron chi connectivity index (χ4n) is 5.75. The van der Waals surface area contributed by atoms with E-state index in [1.807, 2.05) is 37.6 Å². The normalized spacial score (nSPS) is 19.9. The van der Waals surface area contributed by atoms with Crippen molar-refractivity contribution < 1.29 is 12.8 Å². The van der Waals surface area contributed by atoms with Gasteiger partial charge in [0.2, 0.25) is 10.0 Å².